The lowest BCUT2D eigenvalue weighted by Gasteiger charge is -2.29. The third kappa shape index (κ3) is 4.33. The second kappa shape index (κ2) is 6.91. The van der Waals surface area contributed by atoms with Crippen molar-refractivity contribution in [3.63, 3.8) is 0 Å². The highest BCUT2D eigenvalue weighted by atomic mass is 32.2. The van der Waals surface area contributed by atoms with Crippen LogP contribution in [0.15, 0.2) is 29.2 Å². The molecule has 0 radical (unpaired) electrons. The molecule has 1 aromatic rings. The topological polar surface area (TPSA) is 71.5 Å². The van der Waals surface area contributed by atoms with Crippen molar-refractivity contribution in [1.82, 2.24) is 4.31 Å². The molecule has 1 atom stereocenters. The fraction of sp³-hybridized carbons (Fsp3) is 0.625. The fourth-order valence-electron chi connectivity index (χ4n) is 2.84. The molecule has 0 aliphatic carbocycles. The summed E-state index contributed by atoms with van der Waals surface area (Å²) in [6.45, 7) is 6.22. The summed E-state index contributed by atoms with van der Waals surface area (Å²) in [7, 11) is -6.82. The maximum Gasteiger partial charge on any atom is 0.243 e. The summed E-state index contributed by atoms with van der Waals surface area (Å²) in [5.74, 6) is 0.116. The molecular formula is C16H25NO4S2. The molecule has 1 heterocycles. The Morgan fingerprint density at radius 2 is 1.83 bits per heavy atom. The number of hydrogen-bond donors (Lipinski definition) is 0. The van der Waals surface area contributed by atoms with Crippen molar-refractivity contribution in [2.24, 2.45) is 5.92 Å². The van der Waals surface area contributed by atoms with Gasteiger partial charge in [-0.25, -0.2) is 16.8 Å². The van der Waals surface area contributed by atoms with Crippen LogP contribution in [0.4, 0.5) is 0 Å². The molecule has 0 aromatic heterocycles. The normalized spacial score (nSPS) is 21.2. The molecule has 0 unspecified atom stereocenters. The Balaban J connectivity index is 2.36. The molecule has 0 saturated carbocycles. The Morgan fingerprint density at radius 1 is 1.22 bits per heavy atom. The van der Waals surface area contributed by atoms with Gasteiger partial charge in [0.15, 0.2) is 9.84 Å². The van der Waals surface area contributed by atoms with Gasteiger partial charge >= 0.3 is 0 Å². The first kappa shape index (κ1) is 18.4. The van der Waals surface area contributed by atoms with E-state index in [0.29, 0.717) is 13.0 Å². The minimum absolute atomic E-state index is 0.0660. The Kier molecular flexibility index (Phi) is 5.53. The van der Waals surface area contributed by atoms with Crippen molar-refractivity contribution in [3.05, 3.63) is 29.8 Å². The quantitative estimate of drug-likeness (QED) is 0.780. The van der Waals surface area contributed by atoms with Gasteiger partial charge in [0.2, 0.25) is 10.0 Å². The maximum atomic E-state index is 13.0. The molecule has 7 heteroatoms. The molecule has 1 saturated heterocycles. The van der Waals surface area contributed by atoms with Gasteiger partial charge in [-0.05, 0) is 36.5 Å². The predicted octanol–water partition coefficient (Wildman–Crippen LogP) is 2.08. The van der Waals surface area contributed by atoms with Crippen LogP contribution < -0.4 is 0 Å². The first-order valence-corrected chi connectivity index (χ1v) is 11.2. The summed E-state index contributed by atoms with van der Waals surface area (Å²) in [5, 5.41) is 0. The molecule has 2 rings (SSSR count). The number of rotatable bonds is 6. The zero-order chi connectivity index (χ0) is 17.3. The van der Waals surface area contributed by atoms with Gasteiger partial charge in [0.1, 0.15) is 0 Å². The molecule has 1 fully saturated rings. The molecule has 1 aromatic carbocycles. The van der Waals surface area contributed by atoms with Crippen molar-refractivity contribution < 1.29 is 16.8 Å². The molecular weight excluding hydrogens is 334 g/mol. The maximum absolute atomic E-state index is 13.0. The number of hydrogen-bond acceptors (Lipinski definition) is 4. The van der Waals surface area contributed by atoms with E-state index < -0.39 is 25.9 Å². The van der Waals surface area contributed by atoms with Gasteiger partial charge < -0.3 is 0 Å². The molecule has 0 amide bonds. The van der Waals surface area contributed by atoms with Crippen molar-refractivity contribution in [2.45, 2.75) is 44.6 Å². The van der Waals surface area contributed by atoms with E-state index in [0.717, 1.165) is 12.0 Å². The highest BCUT2D eigenvalue weighted by Crippen LogP contribution is 2.26. The first-order chi connectivity index (χ1) is 10.7. The van der Waals surface area contributed by atoms with Crippen molar-refractivity contribution in [2.75, 3.05) is 18.1 Å². The molecule has 5 nitrogen and oxygen atoms in total. The van der Waals surface area contributed by atoms with E-state index in [2.05, 4.69) is 0 Å². The van der Waals surface area contributed by atoms with Crippen LogP contribution in [0.1, 0.15) is 32.8 Å². The first-order valence-electron chi connectivity index (χ1n) is 7.97. The van der Waals surface area contributed by atoms with Crippen LogP contribution in [0.3, 0.4) is 0 Å². The van der Waals surface area contributed by atoms with E-state index in [4.69, 9.17) is 0 Å². The minimum atomic E-state index is -3.69. The Labute approximate surface area is 139 Å². The number of sulfone groups is 1. The van der Waals surface area contributed by atoms with Gasteiger partial charge in [-0.2, -0.15) is 4.31 Å². The van der Waals surface area contributed by atoms with E-state index in [1.54, 1.807) is 12.1 Å². The van der Waals surface area contributed by atoms with E-state index in [9.17, 15) is 16.8 Å². The molecule has 23 heavy (non-hydrogen) atoms. The van der Waals surface area contributed by atoms with Crippen LogP contribution >= 0.6 is 0 Å². The largest absolute Gasteiger partial charge is 0.243 e. The number of sulfonamides is 1. The smallest absolute Gasteiger partial charge is 0.229 e. The number of aryl methyl sites for hydroxylation is 1. The lowest BCUT2D eigenvalue weighted by Crippen LogP contribution is -2.43. The summed E-state index contributed by atoms with van der Waals surface area (Å²) < 4.78 is 50.9. The summed E-state index contributed by atoms with van der Waals surface area (Å²) in [5.41, 5.74) is 1.07. The highest BCUT2D eigenvalue weighted by molar-refractivity contribution is 7.92. The number of nitrogens with zero attached hydrogens (tertiary/aromatic N) is 1. The Bertz CT molecular complexity index is 737. The average molecular weight is 360 g/mol. The fourth-order valence-corrected chi connectivity index (χ4v) is 6.48. The van der Waals surface area contributed by atoms with Crippen molar-refractivity contribution >= 4 is 19.9 Å². The second-order valence-corrected chi connectivity index (χ2v) is 10.6. The molecule has 0 bridgehead atoms. The van der Waals surface area contributed by atoms with E-state index in [1.807, 2.05) is 32.9 Å². The van der Waals surface area contributed by atoms with Gasteiger partial charge in [0.25, 0.3) is 0 Å². The van der Waals surface area contributed by atoms with E-state index in [1.165, 1.54) is 4.31 Å². The summed E-state index contributed by atoms with van der Waals surface area (Å²) in [6.07, 6.45) is 1.22. The Morgan fingerprint density at radius 3 is 2.26 bits per heavy atom. The lowest BCUT2D eigenvalue weighted by molar-refractivity contribution is 0.308. The highest BCUT2D eigenvalue weighted by Gasteiger charge is 2.38. The van der Waals surface area contributed by atoms with Gasteiger partial charge in [-0.15, -0.1) is 0 Å². The van der Waals surface area contributed by atoms with Crippen LogP contribution in [0.2, 0.25) is 0 Å². The van der Waals surface area contributed by atoms with Gasteiger partial charge in [0, 0.05) is 12.6 Å². The molecule has 130 valence electrons. The lowest BCUT2D eigenvalue weighted by atomic mass is 10.2. The molecule has 1 aliphatic rings. The van der Waals surface area contributed by atoms with Crippen LogP contribution in [0, 0.1) is 5.92 Å². The summed E-state index contributed by atoms with van der Waals surface area (Å²) in [4.78, 5) is 0.236. The van der Waals surface area contributed by atoms with Gasteiger partial charge in [0.05, 0.1) is 16.4 Å². The van der Waals surface area contributed by atoms with Gasteiger partial charge in [-0.3, -0.25) is 0 Å². The predicted molar refractivity (Wildman–Crippen MR) is 91.6 cm³/mol. The van der Waals surface area contributed by atoms with Crippen LogP contribution in [0.5, 0.6) is 0 Å². The number of benzene rings is 1. The SMILES string of the molecule is CCc1ccc(S(=O)(=O)N(CC(C)C)[C@@H]2CCS(=O)(=O)C2)cc1. The third-order valence-corrected chi connectivity index (χ3v) is 7.78. The monoisotopic (exact) mass is 359 g/mol. The van der Waals surface area contributed by atoms with Crippen molar-refractivity contribution in [1.29, 1.82) is 0 Å². The minimum Gasteiger partial charge on any atom is -0.229 e. The zero-order valence-corrected chi connectivity index (χ0v) is 15.5. The second-order valence-electron chi connectivity index (χ2n) is 6.52. The van der Waals surface area contributed by atoms with E-state index in [-0.39, 0.29) is 22.3 Å². The van der Waals surface area contributed by atoms with Gasteiger partial charge in [-0.1, -0.05) is 32.9 Å². The zero-order valence-electron chi connectivity index (χ0n) is 13.9. The molecule has 0 N–H and O–H groups in total. The molecule has 1 aliphatic heterocycles. The van der Waals surface area contributed by atoms with Crippen LogP contribution in [0.25, 0.3) is 0 Å². The van der Waals surface area contributed by atoms with Crippen molar-refractivity contribution in [3.8, 4) is 0 Å². The third-order valence-electron chi connectivity index (χ3n) is 4.10. The van der Waals surface area contributed by atoms with Crippen LogP contribution in [-0.4, -0.2) is 45.2 Å². The van der Waals surface area contributed by atoms with E-state index >= 15 is 0 Å². The van der Waals surface area contributed by atoms with Crippen LogP contribution in [-0.2, 0) is 26.3 Å². The summed E-state index contributed by atoms with van der Waals surface area (Å²) in [6, 6.07) is 6.39. The Hall–Kier alpha value is -0.920. The standard InChI is InChI=1S/C16H25NO4S2/c1-4-14-5-7-16(8-6-14)23(20,21)17(11-13(2)3)15-9-10-22(18,19)12-15/h5-8,13,15H,4,9-12H2,1-3H3/t15-/m1/s1. The molecule has 0 spiro atoms. The average Bonchev–Trinajstić information content (AvgIpc) is 2.84. The summed E-state index contributed by atoms with van der Waals surface area (Å²) >= 11 is 0.